The number of nitrogens with zero attached hydrogens (tertiary/aromatic N) is 4. The fourth-order valence-electron chi connectivity index (χ4n) is 3.97. The molecular weight excluding hydrogens is 416 g/mol. The Kier molecular flexibility index (Phi) is 5.37. The highest BCUT2D eigenvalue weighted by Crippen LogP contribution is 2.41. The second-order valence-corrected chi connectivity index (χ2v) is 7.95. The quantitative estimate of drug-likeness (QED) is 0.382. The molecule has 2 aromatic heterocycles. The van der Waals surface area contributed by atoms with Crippen molar-refractivity contribution in [3.8, 4) is 0 Å². The fourth-order valence-corrected chi connectivity index (χ4v) is 4.10. The zero-order valence-corrected chi connectivity index (χ0v) is 18.1. The van der Waals surface area contributed by atoms with Crippen LogP contribution >= 0.6 is 11.6 Å². The van der Waals surface area contributed by atoms with Crippen molar-refractivity contribution in [3.05, 3.63) is 87.5 Å². The summed E-state index contributed by atoms with van der Waals surface area (Å²) in [6.45, 7) is 3.73. The minimum atomic E-state index is -0.767. The first-order valence-corrected chi connectivity index (χ1v) is 10.1. The van der Waals surface area contributed by atoms with Crippen LogP contribution < -0.4 is 0 Å². The standard InChI is InChI=1S/C23H21ClN4O3/c1-13-18(14(2)27(3)26-13)21(29)19-20(16-6-8-17(24)9-7-16)28(23(31)22(19)30)12-15-5-4-10-25-11-15/h4-11,20,29H,12H2,1-3H3/b21-19+. The molecule has 1 atom stereocenters. The zero-order chi connectivity index (χ0) is 22.3. The first-order valence-electron chi connectivity index (χ1n) is 9.73. The molecule has 0 bridgehead atoms. The summed E-state index contributed by atoms with van der Waals surface area (Å²) < 4.78 is 1.63. The van der Waals surface area contributed by atoms with Crippen molar-refractivity contribution in [1.82, 2.24) is 19.7 Å². The number of aliphatic hydroxyl groups is 1. The normalized spacial score (nSPS) is 18.1. The molecule has 8 heteroatoms. The number of rotatable bonds is 4. The lowest BCUT2D eigenvalue weighted by atomic mass is 9.94. The molecule has 1 aliphatic rings. The van der Waals surface area contributed by atoms with E-state index in [4.69, 9.17) is 11.6 Å². The molecule has 0 spiro atoms. The summed E-state index contributed by atoms with van der Waals surface area (Å²) in [5.74, 6) is -1.64. The monoisotopic (exact) mass is 436 g/mol. The Morgan fingerprint density at radius 2 is 1.87 bits per heavy atom. The maximum Gasteiger partial charge on any atom is 0.295 e. The van der Waals surface area contributed by atoms with Gasteiger partial charge in [-0.2, -0.15) is 5.10 Å². The smallest absolute Gasteiger partial charge is 0.295 e. The Morgan fingerprint density at radius 1 is 1.16 bits per heavy atom. The molecule has 1 N–H and O–H groups in total. The summed E-state index contributed by atoms with van der Waals surface area (Å²) in [4.78, 5) is 31.7. The Morgan fingerprint density at radius 3 is 2.45 bits per heavy atom. The molecule has 1 aromatic carbocycles. The van der Waals surface area contributed by atoms with Crippen molar-refractivity contribution < 1.29 is 14.7 Å². The van der Waals surface area contributed by atoms with Gasteiger partial charge in [-0.25, -0.2) is 0 Å². The third kappa shape index (κ3) is 3.61. The molecule has 158 valence electrons. The highest BCUT2D eigenvalue weighted by atomic mass is 35.5. The lowest BCUT2D eigenvalue weighted by Crippen LogP contribution is -2.29. The molecule has 0 radical (unpaired) electrons. The molecule has 31 heavy (non-hydrogen) atoms. The third-order valence-corrected chi connectivity index (χ3v) is 5.80. The summed E-state index contributed by atoms with van der Waals surface area (Å²) in [5.41, 5.74) is 3.22. The molecule has 1 saturated heterocycles. The van der Waals surface area contributed by atoms with E-state index in [2.05, 4.69) is 10.1 Å². The van der Waals surface area contributed by atoms with Gasteiger partial charge >= 0.3 is 0 Å². The van der Waals surface area contributed by atoms with Crippen LogP contribution in [0.5, 0.6) is 0 Å². The number of pyridine rings is 1. The van der Waals surface area contributed by atoms with Crippen molar-refractivity contribution in [1.29, 1.82) is 0 Å². The number of ketones is 1. The minimum absolute atomic E-state index is 0.0374. The SMILES string of the molecule is Cc1nn(C)c(C)c1/C(O)=C1\C(=O)C(=O)N(Cc2cccnc2)C1c1ccc(Cl)cc1. The highest BCUT2D eigenvalue weighted by molar-refractivity contribution is 6.46. The van der Waals surface area contributed by atoms with Crippen LogP contribution in [0.2, 0.25) is 5.02 Å². The van der Waals surface area contributed by atoms with Gasteiger partial charge in [0.1, 0.15) is 5.76 Å². The zero-order valence-electron chi connectivity index (χ0n) is 17.3. The van der Waals surface area contributed by atoms with Gasteiger partial charge in [0.05, 0.1) is 22.9 Å². The van der Waals surface area contributed by atoms with Gasteiger partial charge in [-0.15, -0.1) is 0 Å². The van der Waals surface area contributed by atoms with Crippen molar-refractivity contribution >= 4 is 29.1 Å². The number of aryl methyl sites for hydroxylation is 2. The van der Waals surface area contributed by atoms with Gasteiger partial charge in [0.2, 0.25) is 0 Å². The van der Waals surface area contributed by atoms with E-state index >= 15 is 0 Å². The van der Waals surface area contributed by atoms with E-state index in [-0.39, 0.29) is 17.9 Å². The number of amides is 1. The average molecular weight is 437 g/mol. The number of carbonyl (C=O) groups is 2. The van der Waals surface area contributed by atoms with Gasteiger partial charge in [-0.1, -0.05) is 29.8 Å². The van der Waals surface area contributed by atoms with Crippen molar-refractivity contribution in [3.63, 3.8) is 0 Å². The van der Waals surface area contributed by atoms with E-state index in [0.717, 1.165) is 5.56 Å². The Balaban J connectivity index is 1.91. The maximum atomic E-state index is 13.1. The molecule has 1 aliphatic heterocycles. The van der Waals surface area contributed by atoms with Gasteiger partial charge in [0.25, 0.3) is 11.7 Å². The Labute approximate surface area is 184 Å². The van der Waals surface area contributed by atoms with Gasteiger partial charge in [0.15, 0.2) is 0 Å². The van der Waals surface area contributed by atoms with E-state index in [0.29, 0.717) is 27.5 Å². The van der Waals surface area contributed by atoms with Crippen LogP contribution in [0.1, 0.15) is 34.1 Å². The van der Waals surface area contributed by atoms with Gasteiger partial charge < -0.3 is 10.0 Å². The molecule has 1 unspecified atom stereocenters. The molecule has 3 aromatic rings. The first kappa shape index (κ1) is 20.8. The second kappa shape index (κ2) is 8.00. The number of likely N-dealkylation sites (tertiary alicyclic amines) is 1. The summed E-state index contributed by atoms with van der Waals surface area (Å²) in [5, 5.41) is 16.1. The number of aliphatic hydroxyl groups excluding tert-OH is 1. The minimum Gasteiger partial charge on any atom is -0.507 e. The number of hydrogen-bond acceptors (Lipinski definition) is 5. The molecule has 4 rings (SSSR count). The summed E-state index contributed by atoms with van der Waals surface area (Å²) in [6, 6.07) is 9.74. The molecule has 7 nitrogen and oxygen atoms in total. The van der Waals surface area contributed by atoms with E-state index in [1.807, 2.05) is 6.07 Å². The van der Waals surface area contributed by atoms with Gasteiger partial charge in [-0.3, -0.25) is 19.3 Å². The van der Waals surface area contributed by atoms with E-state index in [1.165, 1.54) is 4.90 Å². The summed E-state index contributed by atoms with van der Waals surface area (Å²) >= 11 is 6.05. The number of halogens is 1. The molecular formula is C23H21ClN4O3. The van der Waals surface area contributed by atoms with E-state index < -0.39 is 17.7 Å². The lowest BCUT2D eigenvalue weighted by molar-refractivity contribution is -0.140. The Bertz CT molecular complexity index is 1200. The lowest BCUT2D eigenvalue weighted by Gasteiger charge is -2.25. The van der Waals surface area contributed by atoms with Crippen LogP contribution in [0.15, 0.2) is 54.4 Å². The maximum absolute atomic E-state index is 13.1. The van der Waals surface area contributed by atoms with Crippen LogP contribution in [0, 0.1) is 13.8 Å². The largest absolute Gasteiger partial charge is 0.507 e. The van der Waals surface area contributed by atoms with Crippen LogP contribution in [0.4, 0.5) is 0 Å². The van der Waals surface area contributed by atoms with Crippen molar-refractivity contribution in [2.45, 2.75) is 26.4 Å². The van der Waals surface area contributed by atoms with Gasteiger partial charge in [0, 0.05) is 36.7 Å². The molecule has 0 saturated carbocycles. The van der Waals surface area contributed by atoms with Crippen LogP contribution in [-0.2, 0) is 23.2 Å². The number of hydrogen-bond donors (Lipinski definition) is 1. The third-order valence-electron chi connectivity index (χ3n) is 5.55. The molecule has 1 amide bonds. The average Bonchev–Trinajstić information content (AvgIpc) is 3.15. The summed E-state index contributed by atoms with van der Waals surface area (Å²) in [7, 11) is 1.76. The molecule has 1 fully saturated rings. The Hall–Kier alpha value is -3.45. The van der Waals surface area contributed by atoms with Crippen LogP contribution in [-0.4, -0.2) is 36.5 Å². The molecule has 0 aliphatic carbocycles. The van der Waals surface area contributed by atoms with Crippen LogP contribution in [0.3, 0.4) is 0 Å². The first-order chi connectivity index (χ1) is 14.8. The van der Waals surface area contributed by atoms with Crippen molar-refractivity contribution in [2.24, 2.45) is 7.05 Å². The number of aromatic nitrogens is 3. The van der Waals surface area contributed by atoms with E-state index in [1.54, 1.807) is 68.3 Å². The van der Waals surface area contributed by atoms with Gasteiger partial charge in [-0.05, 0) is 43.2 Å². The predicted molar refractivity (Wildman–Crippen MR) is 116 cm³/mol. The molecule has 3 heterocycles. The topological polar surface area (TPSA) is 88.3 Å². The van der Waals surface area contributed by atoms with E-state index in [9.17, 15) is 14.7 Å². The highest BCUT2D eigenvalue weighted by Gasteiger charge is 2.46. The van der Waals surface area contributed by atoms with Crippen LogP contribution in [0.25, 0.3) is 5.76 Å². The predicted octanol–water partition coefficient (Wildman–Crippen LogP) is 3.71. The number of carbonyl (C=O) groups excluding carboxylic acids is 2. The number of Topliss-reactive ketones (excluding diaryl/α,β-unsaturated/α-hetero) is 1. The van der Waals surface area contributed by atoms with Crippen molar-refractivity contribution in [2.75, 3.05) is 0 Å². The summed E-state index contributed by atoms with van der Waals surface area (Å²) in [6.07, 6.45) is 3.29. The second-order valence-electron chi connectivity index (χ2n) is 7.51. The number of benzene rings is 1. The fraction of sp³-hybridized carbons (Fsp3) is 0.217.